The van der Waals surface area contributed by atoms with Gasteiger partial charge in [-0.15, -0.1) is 0 Å². The molecule has 0 radical (unpaired) electrons. The summed E-state index contributed by atoms with van der Waals surface area (Å²) in [7, 11) is 0. The number of ketones is 1. The molecule has 4 atom stereocenters. The van der Waals surface area contributed by atoms with Crippen molar-refractivity contribution >= 4 is 5.78 Å². The van der Waals surface area contributed by atoms with Crippen LogP contribution in [-0.2, 0) is 17.4 Å². The summed E-state index contributed by atoms with van der Waals surface area (Å²) >= 11 is 0. The maximum atomic E-state index is 12.7. The summed E-state index contributed by atoms with van der Waals surface area (Å²) in [4.78, 5) is 12.4. The van der Waals surface area contributed by atoms with Gasteiger partial charge in [-0.3, -0.25) is 4.79 Å². The van der Waals surface area contributed by atoms with Crippen molar-refractivity contribution in [3.8, 4) is 0 Å². The Kier molecular flexibility index (Phi) is 3.56. The number of hydrogen-bond donors (Lipinski definition) is 1. The van der Waals surface area contributed by atoms with E-state index in [1.807, 2.05) is 0 Å². The third kappa shape index (κ3) is 2.71. The lowest BCUT2D eigenvalue weighted by atomic mass is 9.80. The fourth-order valence-corrected chi connectivity index (χ4v) is 3.99. The monoisotopic (exact) mass is 297 g/mol. The maximum Gasteiger partial charge on any atom is 0.416 e. The number of Topliss-reactive ketones (excluding diaryl/α,β-unsaturated/α-hetero) is 1. The summed E-state index contributed by atoms with van der Waals surface area (Å²) in [5.74, 6) is 0.584. The van der Waals surface area contributed by atoms with Gasteiger partial charge in [-0.25, -0.2) is 0 Å². The highest BCUT2D eigenvalue weighted by molar-refractivity contribution is 5.84. The molecule has 1 aromatic carbocycles. The van der Waals surface area contributed by atoms with Gasteiger partial charge in [-0.05, 0) is 42.7 Å². The molecule has 2 aliphatic rings. The summed E-state index contributed by atoms with van der Waals surface area (Å²) in [6, 6.07) is 4.91. The Morgan fingerprint density at radius 3 is 2.57 bits per heavy atom. The molecule has 3 rings (SSSR count). The van der Waals surface area contributed by atoms with Crippen LogP contribution in [0.2, 0.25) is 0 Å². The molecule has 2 aliphatic carbocycles. The summed E-state index contributed by atoms with van der Waals surface area (Å²) in [6.07, 6.45) is -1.22. The van der Waals surface area contributed by atoms with Gasteiger partial charge < -0.3 is 5.73 Å². The zero-order valence-corrected chi connectivity index (χ0v) is 11.6. The molecule has 0 saturated heterocycles. The van der Waals surface area contributed by atoms with E-state index in [0.717, 1.165) is 31.4 Å². The van der Waals surface area contributed by atoms with Crippen molar-refractivity contribution < 1.29 is 18.0 Å². The van der Waals surface area contributed by atoms with Crippen molar-refractivity contribution in [1.29, 1.82) is 0 Å². The summed E-state index contributed by atoms with van der Waals surface area (Å²) in [6.45, 7) is 0. The van der Waals surface area contributed by atoms with Gasteiger partial charge in [0, 0.05) is 18.4 Å². The van der Waals surface area contributed by atoms with Gasteiger partial charge in [0.05, 0.1) is 5.56 Å². The SMILES string of the molecule is NC1C2CCC(C2)C1C(=O)Cc1cccc(C(F)(F)F)c1. The quantitative estimate of drug-likeness (QED) is 0.931. The lowest BCUT2D eigenvalue weighted by molar-refractivity contribution is -0.137. The molecule has 0 heterocycles. The van der Waals surface area contributed by atoms with E-state index in [9.17, 15) is 18.0 Å². The third-order valence-electron chi connectivity index (χ3n) is 4.99. The van der Waals surface area contributed by atoms with Crippen LogP contribution >= 0.6 is 0 Å². The van der Waals surface area contributed by atoms with E-state index < -0.39 is 11.7 Å². The van der Waals surface area contributed by atoms with Crippen LogP contribution in [0.25, 0.3) is 0 Å². The van der Waals surface area contributed by atoms with Crippen LogP contribution in [0.15, 0.2) is 24.3 Å². The van der Waals surface area contributed by atoms with Crippen LogP contribution in [-0.4, -0.2) is 11.8 Å². The average molecular weight is 297 g/mol. The zero-order chi connectivity index (χ0) is 15.2. The molecule has 2 fully saturated rings. The first-order valence-electron chi connectivity index (χ1n) is 7.30. The van der Waals surface area contributed by atoms with Crippen molar-refractivity contribution in [1.82, 2.24) is 0 Å². The Morgan fingerprint density at radius 2 is 1.95 bits per heavy atom. The van der Waals surface area contributed by atoms with Crippen LogP contribution in [0.1, 0.15) is 30.4 Å². The Hall–Kier alpha value is -1.36. The lowest BCUT2D eigenvalue weighted by Crippen LogP contribution is -2.40. The molecule has 2 nitrogen and oxygen atoms in total. The minimum atomic E-state index is -4.37. The number of hydrogen-bond acceptors (Lipinski definition) is 2. The molecule has 0 aliphatic heterocycles. The van der Waals surface area contributed by atoms with Gasteiger partial charge in [0.15, 0.2) is 0 Å². The summed E-state index contributed by atoms with van der Waals surface area (Å²) in [5, 5.41) is 0. The fourth-order valence-electron chi connectivity index (χ4n) is 3.99. The lowest BCUT2D eigenvalue weighted by Gasteiger charge is -2.27. The largest absolute Gasteiger partial charge is 0.416 e. The highest BCUT2D eigenvalue weighted by Crippen LogP contribution is 2.48. The van der Waals surface area contributed by atoms with Crippen molar-refractivity contribution in [3.05, 3.63) is 35.4 Å². The molecule has 1 aromatic rings. The van der Waals surface area contributed by atoms with Crippen molar-refractivity contribution in [3.63, 3.8) is 0 Å². The van der Waals surface area contributed by atoms with Crippen LogP contribution < -0.4 is 5.73 Å². The molecule has 21 heavy (non-hydrogen) atoms. The van der Waals surface area contributed by atoms with Crippen LogP contribution in [0.5, 0.6) is 0 Å². The van der Waals surface area contributed by atoms with Gasteiger partial charge in [0.1, 0.15) is 5.78 Å². The zero-order valence-electron chi connectivity index (χ0n) is 11.6. The second-order valence-corrected chi connectivity index (χ2v) is 6.28. The summed E-state index contributed by atoms with van der Waals surface area (Å²) in [5.41, 5.74) is 5.83. The van der Waals surface area contributed by atoms with E-state index >= 15 is 0 Å². The molecule has 2 bridgehead atoms. The Morgan fingerprint density at radius 1 is 1.24 bits per heavy atom. The average Bonchev–Trinajstić information content (AvgIpc) is 2.98. The molecule has 2 N–H and O–H groups in total. The van der Waals surface area contributed by atoms with E-state index in [1.165, 1.54) is 6.07 Å². The second-order valence-electron chi connectivity index (χ2n) is 6.28. The number of fused-ring (bicyclic) bond motifs is 2. The van der Waals surface area contributed by atoms with E-state index in [1.54, 1.807) is 6.07 Å². The molecule has 2 saturated carbocycles. The molecule has 4 unspecified atom stereocenters. The number of nitrogens with two attached hydrogens (primary N) is 1. The second kappa shape index (κ2) is 5.13. The third-order valence-corrected chi connectivity index (χ3v) is 4.99. The normalized spacial score (nSPS) is 31.6. The minimum Gasteiger partial charge on any atom is -0.327 e. The predicted octanol–water partition coefficient (Wildman–Crippen LogP) is 3.19. The first-order chi connectivity index (χ1) is 9.86. The molecule has 0 spiro atoms. The summed E-state index contributed by atoms with van der Waals surface area (Å²) < 4.78 is 38.1. The van der Waals surface area contributed by atoms with Gasteiger partial charge in [-0.2, -0.15) is 13.2 Å². The van der Waals surface area contributed by atoms with E-state index in [-0.39, 0.29) is 24.2 Å². The topological polar surface area (TPSA) is 43.1 Å². The highest BCUT2D eigenvalue weighted by atomic mass is 19.4. The fraction of sp³-hybridized carbons (Fsp3) is 0.562. The standard InChI is InChI=1S/C16H18F3NO/c17-16(18,19)12-3-1-2-9(6-12)7-13(21)14-10-4-5-11(8-10)15(14)20/h1-3,6,10-11,14-15H,4-5,7-8,20H2. The number of benzene rings is 1. The number of carbonyl (C=O) groups is 1. The Bertz CT molecular complexity index is 553. The predicted molar refractivity (Wildman–Crippen MR) is 72.5 cm³/mol. The van der Waals surface area contributed by atoms with E-state index in [2.05, 4.69) is 0 Å². The van der Waals surface area contributed by atoms with Crippen molar-refractivity contribution in [2.24, 2.45) is 23.5 Å². The van der Waals surface area contributed by atoms with Gasteiger partial charge in [0.25, 0.3) is 0 Å². The minimum absolute atomic E-state index is 0.00553. The van der Waals surface area contributed by atoms with Gasteiger partial charge in [-0.1, -0.05) is 18.2 Å². The molecular weight excluding hydrogens is 279 g/mol. The molecular formula is C16H18F3NO. The van der Waals surface area contributed by atoms with E-state index in [4.69, 9.17) is 5.73 Å². The number of alkyl halides is 3. The van der Waals surface area contributed by atoms with Gasteiger partial charge >= 0.3 is 6.18 Å². The number of carbonyl (C=O) groups excluding carboxylic acids is 1. The Labute approximate surface area is 121 Å². The highest BCUT2D eigenvalue weighted by Gasteiger charge is 2.48. The maximum absolute atomic E-state index is 12.7. The van der Waals surface area contributed by atoms with Crippen LogP contribution in [0.4, 0.5) is 13.2 Å². The van der Waals surface area contributed by atoms with Crippen LogP contribution in [0, 0.1) is 17.8 Å². The first-order valence-corrected chi connectivity index (χ1v) is 7.30. The number of rotatable bonds is 3. The van der Waals surface area contributed by atoms with Crippen LogP contribution in [0.3, 0.4) is 0 Å². The van der Waals surface area contributed by atoms with Gasteiger partial charge in [0.2, 0.25) is 0 Å². The van der Waals surface area contributed by atoms with Crippen molar-refractivity contribution in [2.75, 3.05) is 0 Å². The van der Waals surface area contributed by atoms with Crippen molar-refractivity contribution in [2.45, 2.75) is 37.9 Å². The Balaban J connectivity index is 1.74. The smallest absolute Gasteiger partial charge is 0.327 e. The van der Waals surface area contributed by atoms with E-state index in [0.29, 0.717) is 17.4 Å². The molecule has 0 aromatic heterocycles. The number of halogens is 3. The molecule has 114 valence electrons. The molecule has 5 heteroatoms. The molecule has 0 amide bonds. The first kappa shape index (κ1) is 14.6.